The Morgan fingerprint density at radius 2 is 2.35 bits per heavy atom. The van der Waals surface area contributed by atoms with E-state index in [9.17, 15) is 4.39 Å². The van der Waals surface area contributed by atoms with E-state index in [2.05, 4.69) is 15.6 Å². The number of aromatic nitrogens is 3. The normalized spacial score (nSPS) is 15.4. The summed E-state index contributed by atoms with van der Waals surface area (Å²) < 4.78 is 15.9. The number of aryl methyl sites for hydroxylation is 1. The van der Waals surface area contributed by atoms with Gasteiger partial charge < -0.3 is 5.32 Å². The fourth-order valence-electron chi connectivity index (χ4n) is 2.26. The number of rotatable bonds is 2. The predicted octanol–water partition coefficient (Wildman–Crippen LogP) is 1.84. The summed E-state index contributed by atoms with van der Waals surface area (Å²) in [6.45, 7) is 0.878. The van der Waals surface area contributed by atoms with Crippen LogP contribution >= 0.6 is 0 Å². The smallest absolute Gasteiger partial charge is 0.170 e. The van der Waals surface area contributed by atoms with E-state index in [1.54, 1.807) is 7.05 Å². The van der Waals surface area contributed by atoms with Gasteiger partial charge in [-0.05, 0) is 12.0 Å². The number of fused-ring (bicyclic) bond motifs is 1. The molecule has 1 atom stereocenters. The van der Waals surface area contributed by atoms with Crippen LogP contribution in [0.3, 0.4) is 0 Å². The first-order valence-electron chi connectivity index (χ1n) is 5.61. The third kappa shape index (κ3) is 1.58. The van der Waals surface area contributed by atoms with E-state index >= 15 is 0 Å². The highest BCUT2D eigenvalue weighted by Crippen LogP contribution is 2.35. The monoisotopic (exact) mass is 232 g/mol. The van der Waals surface area contributed by atoms with Gasteiger partial charge in [0.1, 0.15) is 0 Å². The van der Waals surface area contributed by atoms with Crippen molar-refractivity contribution < 1.29 is 4.39 Å². The zero-order valence-electron chi connectivity index (χ0n) is 9.52. The molecule has 1 aromatic carbocycles. The molecule has 4 nitrogen and oxygen atoms in total. The Morgan fingerprint density at radius 1 is 1.47 bits per heavy atom. The molecule has 0 saturated carbocycles. The molecule has 0 fully saturated rings. The van der Waals surface area contributed by atoms with Gasteiger partial charge >= 0.3 is 0 Å². The summed E-state index contributed by atoms with van der Waals surface area (Å²) in [6, 6.07) is 5.75. The maximum absolute atomic E-state index is 14.5. The van der Waals surface area contributed by atoms with E-state index in [0.29, 0.717) is 11.3 Å². The van der Waals surface area contributed by atoms with Gasteiger partial charge in [0.15, 0.2) is 6.17 Å². The standard InChI is InChI=1S/C12H13FN4/c1-17-10(7-15-16-17)11(13)9-4-2-3-8-5-6-14-12(8)9/h2-4,7,11,14H,5-6H2,1H3. The Balaban J connectivity index is 2.05. The van der Waals surface area contributed by atoms with Gasteiger partial charge in [-0.25, -0.2) is 9.07 Å². The van der Waals surface area contributed by atoms with Crippen molar-refractivity contribution in [2.75, 3.05) is 11.9 Å². The lowest BCUT2D eigenvalue weighted by molar-refractivity contribution is 0.380. The first-order valence-corrected chi connectivity index (χ1v) is 5.61. The fourth-order valence-corrected chi connectivity index (χ4v) is 2.26. The molecule has 0 radical (unpaired) electrons. The van der Waals surface area contributed by atoms with Crippen LogP contribution < -0.4 is 5.32 Å². The first kappa shape index (κ1) is 10.3. The molecule has 0 amide bonds. The topological polar surface area (TPSA) is 42.7 Å². The third-order valence-electron chi connectivity index (χ3n) is 3.16. The Morgan fingerprint density at radius 3 is 3.12 bits per heavy atom. The first-order chi connectivity index (χ1) is 8.27. The lowest BCUT2D eigenvalue weighted by atomic mass is 10.0. The Hall–Kier alpha value is -1.91. The van der Waals surface area contributed by atoms with E-state index in [0.717, 1.165) is 18.7 Å². The van der Waals surface area contributed by atoms with Crippen molar-refractivity contribution in [2.45, 2.75) is 12.6 Å². The summed E-state index contributed by atoms with van der Waals surface area (Å²) in [5.41, 5.74) is 3.26. The highest BCUT2D eigenvalue weighted by molar-refractivity contribution is 5.62. The van der Waals surface area contributed by atoms with Crippen LogP contribution in [0.4, 0.5) is 10.1 Å². The maximum atomic E-state index is 14.5. The number of hydrogen-bond donors (Lipinski definition) is 1. The molecule has 3 rings (SSSR count). The molecule has 1 N–H and O–H groups in total. The number of hydrogen-bond acceptors (Lipinski definition) is 3. The number of halogens is 1. The van der Waals surface area contributed by atoms with Crippen LogP contribution in [0.1, 0.15) is 23.0 Å². The zero-order valence-corrected chi connectivity index (χ0v) is 9.52. The minimum absolute atomic E-state index is 0.479. The largest absolute Gasteiger partial charge is 0.384 e. The molecular weight excluding hydrogens is 219 g/mol. The van der Waals surface area contributed by atoms with Crippen molar-refractivity contribution in [2.24, 2.45) is 7.05 Å². The van der Waals surface area contributed by atoms with Crippen LogP contribution in [0.5, 0.6) is 0 Å². The van der Waals surface area contributed by atoms with Crippen molar-refractivity contribution in [3.8, 4) is 0 Å². The summed E-state index contributed by atoms with van der Waals surface area (Å²) in [4.78, 5) is 0. The van der Waals surface area contributed by atoms with Crippen LogP contribution in [0.25, 0.3) is 0 Å². The Bertz CT molecular complexity index is 549. The molecular formula is C12H13FN4. The molecule has 0 saturated heterocycles. The van der Waals surface area contributed by atoms with Crippen LogP contribution in [-0.2, 0) is 13.5 Å². The van der Waals surface area contributed by atoms with Crippen LogP contribution in [0, 0.1) is 0 Å². The van der Waals surface area contributed by atoms with Crippen LogP contribution in [0.2, 0.25) is 0 Å². The molecule has 2 aromatic rings. The molecule has 17 heavy (non-hydrogen) atoms. The van der Waals surface area contributed by atoms with Crippen molar-refractivity contribution in [1.82, 2.24) is 15.0 Å². The zero-order chi connectivity index (χ0) is 11.8. The van der Waals surface area contributed by atoms with Gasteiger partial charge in [-0.2, -0.15) is 0 Å². The summed E-state index contributed by atoms with van der Waals surface area (Å²) in [5.74, 6) is 0. The number of nitrogens with zero attached hydrogens (tertiary/aromatic N) is 3. The van der Waals surface area contributed by atoms with E-state index in [1.807, 2.05) is 18.2 Å². The molecule has 1 unspecified atom stereocenters. The lowest BCUT2D eigenvalue weighted by Gasteiger charge is -2.13. The Labute approximate surface area is 98.5 Å². The van der Waals surface area contributed by atoms with E-state index in [-0.39, 0.29) is 0 Å². The number of nitrogens with one attached hydrogen (secondary N) is 1. The van der Waals surface area contributed by atoms with Crippen molar-refractivity contribution in [1.29, 1.82) is 0 Å². The molecule has 0 aliphatic carbocycles. The summed E-state index contributed by atoms with van der Waals surface area (Å²) >= 11 is 0. The van der Waals surface area contributed by atoms with Crippen molar-refractivity contribution in [3.05, 3.63) is 41.2 Å². The lowest BCUT2D eigenvalue weighted by Crippen LogP contribution is -2.05. The highest BCUT2D eigenvalue weighted by Gasteiger charge is 2.23. The highest BCUT2D eigenvalue weighted by atomic mass is 19.1. The molecule has 88 valence electrons. The molecule has 5 heteroatoms. The van der Waals surface area contributed by atoms with Gasteiger partial charge in [0.05, 0.1) is 11.9 Å². The van der Waals surface area contributed by atoms with E-state index < -0.39 is 6.17 Å². The summed E-state index contributed by atoms with van der Waals surface area (Å²) in [6.07, 6.45) is 1.24. The van der Waals surface area contributed by atoms with Gasteiger partial charge in [0.25, 0.3) is 0 Å². The van der Waals surface area contributed by atoms with Crippen LogP contribution in [-0.4, -0.2) is 21.5 Å². The van der Waals surface area contributed by atoms with E-state index in [1.165, 1.54) is 16.4 Å². The van der Waals surface area contributed by atoms with Gasteiger partial charge in [-0.15, -0.1) is 5.10 Å². The minimum Gasteiger partial charge on any atom is -0.384 e. The van der Waals surface area contributed by atoms with Gasteiger partial charge in [-0.3, -0.25) is 0 Å². The quantitative estimate of drug-likeness (QED) is 0.859. The second kappa shape index (κ2) is 3.84. The molecule has 1 aliphatic rings. The molecule has 0 spiro atoms. The minimum atomic E-state index is -1.18. The Kier molecular flexibility index (Phi) is 2.31. The number of benzene rings is 1. The van der Waals surface area contributed by atoms with Gasteiger partial charge in [0.2, 0.25) is 0 Å². The van der Waals surface area contributed by atoms with Gasteiger partial charge in [0, 0.05) is 24.8 Å². The summed E-state index contributed by atoms with van der Waals surface area (Å²) in [7, 11) is 1.70. The van der Waals surface area contributed by atoms with Crippen LogP contribution in [0.15, 0.2) is 24.4 Å². The maximum Gasteiger partial charge on any atom is 0.170 e. The number of alkyl halides is 1. The second-order valence-electron chi connectivity index (χ2n) is 4.20. The predicted molar refractivity (Wildman–Crippen MR) is 62.6 cm³/mol. The fraction of sp³-hybridized carbons (Fsp3) is 0.333. The third-order valence-corrected chi connectivity index (χ3v) is 3.16. The summed E-state index contributed by atoms with van der Waals surface area (Å²) in [5, 5.41) is 10.7. The average Bonchev–Trinajstić information content (AvgIpc) is 2.95. The number of anilines is 1. The molecule has 1 aliphatic heterocycles. The molecule has 0 bridgehead atoms. The van der Waals surface area contributed by atoms with Crippen molar-refractivity contribution in [3.63, 3.8) is 0 Å². The molecule has 2 heterocycles. The van der Waals surface area contributed by atoms with Crippen molar-refractivity contribution >= 4 is 5.69 Å². The SMILES string of the molecule is Cn1nncc1C(F)c1cccc2c1NCC2. The van der Waals surface area contributed by atoms with E-state index in [4.69, 9.17) is 0 Å². The number of para-hydroxylation sites is 1. The second-order valence-corrected chi connectivity index (χ2v) is 4.20. The average molecular weight is 232 g/mol. The van der Waals surface area contributed by atoms with Gasteiger partial charge in [-0.1, -0.05) is 23.4 Å². The molecule has 1 aromatic heterocycles.